The Bertz CT molecular complexity index is 838. The number of benzene rings is 1. The van der Waals surface area contributed by atoms with Gasteiger partial charge in [0.25, 0.3) is 0 Å². The van der Waals surface area contributed by atoms with Crippen molar-refractivity contribution >= 4 is 41.1 Å². The lowest BCUT2D eigenvalue weighted by Gasteiger charge is -2.51. The van der Waals surface area contributed by atoms with Crippen molar-refractivity contribution in [2.75, 3.05) is 26.4 Å². The number of halogens is 2. The fourth-order valence-corrected chi connectivity index (χ4v) is 4.19. The molecule has 13 heteroatoms. The van der Waals surface area contributed by atoms with Gasteiger partial charge in [0, 0.05) is 10.0 Å². The summed E-state index contributed by atoms with van der Waals surface area (Å²) in [5.41, 5.74) is -1.26. The van der Waals surface area contributed by atoms with Crippen LogP contribution < -0.4 is 16.0 Å². The summed E-state index contributed by atoms with van der Waals surface area (Å²) in [6.07, 6.45) is -1.08. The first kappa shape index (κ1) is 22.4. The lowest BCUT2D eigenvalue weighted by atomic mass is 9.91. The van der Waals surface area contributed by atoms with E-state index in [4.69, 9.17) is 38.8 Å². The van der Waals surface area contributed by atoms with E-state index in [0.717, 1.165) is 0 Å². The third-order valence-corrected chi connectivity index (χ3v) is 5.47. The summed E-state index contributed by atoms with van der Waals surface area (Å²) >= 11 is 11.8. The SMILES string of the molecule is N=C1N[C@H]2[C@H](CO)NC(=N)N(C[C@@H](CO)OC(=O)c3cc(Cl)cc(Cl)c3)[C@@]2(CO)N1. The maximum Gasteiger partial charge on any atom is 0.338 e. The van der Waals surface area contributed by atoms with E-state index in [-0.39, 0.29) is 40.7 Å². The Morgan fingerprint density at radius 1 is 1.20 bits per heavy atom. The molecule has 164 valence electrons. The van der Waals surface area contributed by atoms with E-state index in [1.807, 2.05) is 0 Å². The zero-order valence-electron chi connectivity index (χ0n) is 15.7. The number of nitrogens with zero attached hydrogens (tertiary/aromatic N) is 1. The van der Waals surface area contributed by atoms with Gasteiger partial charge in [-0.2, -0.15) is 0 Å². The maximum absolute atomic E-state index is 12.5. The molecule has 30 heavy (non-hydrogen) atoms. The van der Waals surface area contributed by atoms with Crippen molar-refractivity contribution < 1.29 is 24.9 Å². The number of aliphatic hydroxyl groups is 3. The first-order chi connectivity index (χ1) is 14.2. The molecule has 0 bridgehead atoms. The van der Waals surface area contributed by atoms with Gasteiger partial charge in [-0.05, 0) is 18.2 Å². The van der Waals surface area contributed by atoms with E-state index in [0.29, 0.717) is 0 Å². The van der Waals surface area contributed by atoms with E-state index in [9.17, 15) is 20.1 Å². The molecule has 2 heterocycles. The Balaban J connectivity index is 1.82. The van der Waals surface area contributed by atoms with Crippen molar-refractivity contribution in [1.29, 1.82) is 10.8 Å². The van der Waals surface area contributed by atoms with E-state index in [2.05, 4.69) is 16.0 Å². The smallest absolute Gasteiger partial charge is 0.338 e. The number of carbonyl (C=O) groups excluding carboxylic acids is 1. The minimum absolute atomic E-state index is 0.0929. The molecule has 0 aliphatic carbocycles. The second-order valence-electron chi connectivity index (χ2n) is 6.97. The Morgan fingerprint density at radius 3 is 2.43 bits per heavy atom. The van der Waals surface area contributed by atoms with Crippen LogP contribution >= 0.6 is 23.2 Å². The van der Waals surface area contributed by atoms with Crippen molar-refractivity contribution in [2.24, 2.45) is 0 Å². The Morgan fingerprint density at radius 2 is 1.87 bits per heavy atom. The highest BCUT2D eigenvalue weighted by atomic mass is 35.5. The minimum atomic E-state index is -1.36. The number of nitrogens with one attached hydrogen (secondary N) is 5. The molecular formula is C17H22Cl2N6O5. The van der Waals surface area contributed by atoms with Crippen LogP contribution in [0.2, 0.25) is 10.0 Å². The third kappa shape index (κ3) is 4.12. The highest BCUT2D eigenvalue weighted by Crippen LogP contribution is 2.28. The van der Waals surface area contributed by atoms with Gasteiger partial charge in [0.2, 0.25) is 0 Å². The molecule has 2 saturated heterocycles. The summed E-state index contributed by atoms with van der Waals surface area (Å²) in [6.45, 7) is -1.62. The molecule has 0 saturated carbocycles. The number of rotatable bonds is 7. The molecule has 1 aromatic rings. The molecule has 3 rings (SSSR count). The number of hydrogen-bond donors (Lipinski definition) is 8. The van der Waals surface area contributed by atoms with Crippen molar-refractivity contribution in [1.82, 2.24) is 20.9 Å². The predicted molar refractivity (Wildman–Crippen MR) is 109 cm³/mol. The molecule has 0 aromatic heterocycles. The Labute approximate surface area is 181 Å². The fourth-order valence-electron chi connectivity index (χ4n) is 3.67. The first-order valence-electron chi connectivity index (χ1n) is 8.99. The van der Waals surface area contributed by atoms with Gasteiger partial charge in [-0.1, -0.05) is 23.2 Å². The molecule has 1 aromatic carbocycles. The van der Waals surface area contributed by atoms with Crippen LogP contribution in [0.15, 0.2) is 18.2 Å². The molecule has 11 nitrogen and oxygen atoms in total. The van der Waals surface area contributed by atoms with Gasteiger partial charge in [-0.15, -0.1) is 0 Å². The number of hydrogen-bond acceptors (Lipinski definition) is 7. The molecule has 0 spiro atoms. The van der Waals surface area contributed by atoms with Gasteiger partial charge >= 0.3 is 5.97 Å². The molecule has 0 radical (unpaired) electrons. The van der Waals surface area contributed by atoms with Crippen LogP contribution in [0.3, 0.4) is 0 Å². The van der Waals surface area contributed by atoms with Crippen molar-refractivity contribution in [3.63, 3.8) is 0 Å². The summed E-state index contributed by atoms with van der Waals surface area (Å²) < 4.78 is 5.36. The van der Waals surface area contributed by atoms with E-state index in [1.54, 1.807) is 0 Å². The van der Waals surface area contributed by atoms with Gasteiger partial charge in [0.15, 0.2) is 17.6 Å². The molecule has 8 N–H and O–H groups in total. The lowest BCUT2D eigenvalue weighted by molar-refractivity contribution is -0.0302. The van der Waals surface area contributed by atoms with E-state index >= 15 is 0 Å². The van der Waals surface area contributed by atoms with E-state index < -0.39 is 43.0 Å². The van der Waals surface area contributed by atoms with Gasteiger partial charge in [-0.3, -0.25) is 10.8 Å². The quantitative estimate of drug-likeness (QED) is 0.234. The Hall–Kier alpha value is -2.31. The van der Waals surface area contributed by atoms with Gasteiger partial charge in [-0.25, -0.2) is 4.79 Å². The summed E-state index contributed by atoms with van der Waals surface area (Å²) in [4.78, 5) is 13.8. The number of carbonyl (C=O) groups is 1. The molecule has 0 amide bonds. The van der Waals surface area contributed by atoms with Crippen LogP contribution in [0.5, 0.6) is 0 Å². The van der Waals surface area contributed by atoms with E-state index in [1.165, 1.54) is 23.1 Å². The average Bonchev–Trinajstić information content (AvgIpc) is 3.05. The van der Waals surface area contributed by atoms with Crippen LogP contribution in [-0.2, 0) is 4.74 Å². The van der Waals surface area contributed by atoms with Gasteiger partial charge in [0.1, 0.15) is 6.10 Å². The third-order valence-electron chi connectivity index (χ3n) is 5.03. The molecule has 2 fully saturated rings. The molecule has 0 unspecified atom stereocenters. The highest BCUT2D eigenvalue weighted by molar-refractivity contribution is 6.35. The number of esters is 1. The lowest BCUT2D eigenvalue weighted by Crippen LogP contribution is -2.78. The number of aliphatic hydroxyl groups excluding tert-OH is 3. The summed E-state index contributed by atoms with van der Waals surface area (Å²) in [7, 11) is 0. The monoisotopic (exact) mass is 460 g/mol. The number of fused-ring (bicyclic) bond motifs is 1. The van der Waals surface area contributed by atoms with Gasteiger partial charge in [0.05, 0.1) is 44.0 Å². The normalized spacial score (nSPS) is 26.4. The molecule has 4 atom stereocenters. The zero-order valence-corrected chi connectivity index (χ0v) is 17.2. The van der Waals surface area contributed by atoms with Crippen molar-refractivity contribution in [3.05, 3.63) is 33.8 Å². The maximum atomic E-state index is 12.5. The average molecular weight is 461 g/mol. The van der Waals surface area contributed by atoms with Crippen LogP contribution in [0, 0.1) is 10.8 Å². The number of ether oxygens (including phenoxy) is 1. The zero-order chi connectivity index (χ0) is 22.1. The van der Waals surface area contributed by atoms with Crippen LogP contribution in [-0.4, -0.2) is 88.3 Å². The topological polar surface area (TPSA) is 174 Å². The summed E-state index contributed by atoms with van der Waals surface area (Å²) in [6, 6.07) is 2.88. The summed E-state index contributed by atoms with van der Waals surface area (Å²) in [5, 5.41) is 54.6. The summed E-state index contributed by atoms with van der Waals surface area (Å²) in [5.74, 6) is -1.05. The molecular weight excluding hydrogens is 439 g/mol. The standard InChI is InChI=1S/C17H22Cl2N6O5/c18-9-1-8(2-10(19)3-9)14(29)30-11(5-26)4-25-16(21)22-12(6-27)13-17(25,7-28)24-15(20)23-13/h1-3,11-13,26-28H,4-7H2,(H2,21,22)(H3,20,23,24)/t11-,12-,13-,17+/m0/s1. The molecule has 2 aliphatic rings. The minimum Gasteiger partial charge on any atom is -0.454 e. The van der Waals surface area contributed by atoms with Crippen molar-refractivity contribution in [3.8, 4) is 0 Å². The largest absolute Gasteiger partial charge is 0.454 e. The predicted octanol–water partition coefficient (Wildman–Crippen LogP) is -1.10. The van der Waals surface area contributed by atoms with Crippen LogP contribution in [0.4, 0.5) is 0 Å². The highest BCUT2D eigenvalue weighted by Gasteiger charge is 2.57. The fraction of sp³-hybridized carbons (Fsp3) is 0.471. The van der Waals surface area contributed by atoms with Crippen LogP contribution in [0.25, 0.3) is 0 Å². The van der Waals surface area contributed by atoms with Crippen LogP contribution in [0.1, 0.15) is 10.4 Å². The second kappa shape index (κ2) is 8.82. The second-order valence-corrected chi connectivity index (χ2v) is 7.84. The van der Waals surface area contributed by atoms with Gasteiger partial charge < -0.3 is 40.9 Å². The van der Waals surface area contributed by atoms with Crippen molar-refractivity contribution in [2.45, 2.75) is 23.9 Å². The first-order valence-corrected chi connectivity index (χ1v) is 9.75. The number of guanidine groups is 2. The Kier molecular flexibility index (Phi) is 6.58. The molecule has 2 aliphatic heterocycles.